The molecule has 14 nitrogen and oxygen atoms in total. The summed E-state index contributed by atoms with van der Waals surface area (Å²) in [4.78, 5) is 66.6. The molecule has 1 aliphatic rings. The minimum Gasteiger partial charge on any atom is -0.368 e. The molecule has 5 aromatic rings. The average molecular weight is 623 g/mol. The van der Waals surface area contributed by atoms with Crippen LogP contribution in [0.3, 0.4) is 0 Å². The van der Waals surface area contributed by atoms with Gasteiger partial charge in [-0.1, -0.05) is 24.3 Å². The zero-order valence-electron chi connectivity index (χ0n) is 25.0. The quantitative estimate of drug-likeness (QED) is 0.201. The van der Waals surface area contributed by atoms with Gasteiger partial charge in [-0.15, -0.1) is 0 Å². The molecule has 1 atom stereocenters. The third-order valence-electron chi connectivity index (χ3n) is 7.73. The Kier molecular flexibility index (Phi) is 9.13. The maximum absolute atomic E-state index is 13.6. The van der Waals surface area contributed by atoms with E-state index in [4.69, 9.17) is 0 Å². The van der Waals surface area contributed by atoms with Crippen molar-refractivity contribution in [2.75, 3.05) is 38.0 Å². The largest absolute Gasteiger partial charge is 0.368 e. The Morgan fingerprint density at radius 1 is 0.913 bits per heavy atom. The van der Waals surface area contributed by atoms with E-state index < -0.39 is 11.9 Å². The van der Waals surface area contributed by atoms with E-state index >= 15 is 0 Å². The molecule has 0 unspecified atom stereocenters. The average Bonchev–Trinajstić information content (AvgIpc) is 3.69. The lowest BCUT2D eigenvalue weighted by molar-refractivity contribution is -0.123. The number of hydrogen-bond donors (Lipinski definition) is 5. The zero-order valence-corrected chi connectivity index (χ0v) is 25.0. The summed E-state index contributed by atoms with van der Waals surface area (Å²) >= 11 is 0. The van der Waals surface area contributed by atoms with Gasteiger partial charge in [-0.05, 0) is 48.7 Å². The standard InChI is InChI=1S/C32H34N10O4/c43-29-20-41(32(46)26-19-37-28-11-6-13-38-42(26)28)16-4-3-12-35-30(44)25(17-21-18-36-23-8-2-1-7-22(21)23)40-31(45)24-9-5-10-27(39-24)33-14-15-34-29/h1-2,5-11,13,18-19,25,36H,3-4,12,14-17,20H2,(H,33,39)(H,34,43)(H,35,44)(H,40,45)/t25-/m0/s1. The van der Waals surface area contributed by atoms with Crippen molar-refractivity contribution in [3.05, 3.63) is 90.1 Å². The molecule has 14 heteroatoms. The number of anilines is 1. The van der Waals surface area contributed by atoms with Gasteiger partial charge in [0, 0.05) is 55.9 Å². The van der Waals surface area contributed by atoms with Crippen molar-refractivity contribution < 1.29 is 19.2 Å². The Hall–Kier alpha value is -5.79. The predicted octanol–water partition coefficient (Wildman–Crippen LogP) is 1.53. The maximum atomic E-state index is 13.6. The maximum Gasteiger partial charge on any atom is 0.274 e. The Bertz CT molecular complexity index is 1880. The van der Waals surface area contributed by atoms with Gasteiger partial charge in [0.1, 0.15) is 17.6 Å². The molecule has 0 spiro atoms. The number of H-pyrrole nitrogens is 1. The molecular formula is C32H34N10O4. The number of benzene rings is 1. The van der Waals surface area contributed by atoms with Crippen LogP contribution in [-0.2, 0) is 16.0 Å². The van der Waals surface area contributed by atoms with Gasteiger partial charge in [0.25, 0.3) is 11.8 Å². The van der Waals surface area contributed by atoms with Crippen molar-refractivity contribution in [1.82, 2.24) is 45.4 Å². The highest BCUT2D eigenvalue weighted by molar-refractivity contribution is 5.97. The molecule has 5 N–H and O–H groups in total. The van der Waals surface area contributed by atoms with Gasteiger partial charge in [-0.3, -0.25) is 19.2 Å². The number of fused-ring (bicyclic) bond motifs is 4. The molecule has 46 heavy (non-hydrogen) atoms. The zero-order chi connectivity index (χ0) is 31.9. The van der Waals surface area contributed by atoms with Crippen molar-refractivity contribution >= 4 is 46.0 Å². The third-order valence-corrected chi connectivity index (χ3v) is 7.73. The molecule has 0 fully saturated rings. The Morgan fingerprint density at radius 3 is 2.70 bits per heavy atom. The number of hydrogen-bond acceptors (Lipinski definition) is 8. The fourth-order valence-corrected chi connectivity index (χ4v) is 5.40. The highest BCUT2D eigenvalue weighted by Crippen LogP contribution is 2.19. The molecule has 0 aliphatic carbocycles. The van der Waals surface area contributed by atoms with Gasteiger partial charge in [0.05, 0.1) is 12.7 Å². The van der Waals surface area contributed by atoms with Crippen molar-refractivity contribution in [2.45, 2.75) is 25.3 Å². The first kappa shape index (κ1) is 30.2. The second-order valence-corrected chi connectivity index (χ2v) is 10.9. The summed E-state index contributed by atoms with van der Waals surface area (Å²) in [6.07, 6.45) is 6.17. The van der Waals surface area contributed by atoms with Gasteiger partial charge in [0.15, 0.2) is 11.3 Å². The van der Waals surface area contributed by atoms with E-state index in [2.05, 4.69) is 41.3 Å². The third kappa shape index (κ3) is 6.96. The van der Waals surface area contributed by atoms with Gasteiger partial charge < -0.3 is 31.2 Å². The van der Waals surface area contributed by atoms with Crippen LogP contribution in [0.4, 0.5) is 5.82 Å². The van der Waals surface area contributed by atoms with Crippen LogP contribution in [0, 0.1) is 0 Å². The number of nitrogens with zero attached hydrogens (tertiary/aromatic N) is 5. The normalized spacial score (nSPS) is 17.3. The number of imidazole rings is 1. The number of carbonyl (C=O) groups is 4. The van der Waals surface area contributed by atoms with E-state index in [1.54, 1.807) is 36.5 Å². The lowest BCUT2D eigenvalue weighted by Gasteiger charge is -2.22. The Labute approximate surface area is 264 Å². The van der Waals surface area contributed by atoms with E-state index in [0.29, 0.717) is 37.4 Å². The van der Waals surface area contributed by atoms with Gasteiger partial charge >= 0.3 is 0 Å². The van der Waals surface area contributed by atoms with E-state index in [-0.39, 0.29) is 55.2 Å². The van der Waals surface area contributed by atoms with E-state index in [9.17, 15) is 19.2 Å². The molecule has 4 aromatic heterocycles. The summed E-state index contributed by atoms with van der Waals surface area (Å²) in [6, 6.07) is 15.4. The van der Waals surface area contributed by atoms with E-state index in [1.807, 2.05) is 30.5 Å². The number of carbonyl (C=O) groups excluding carboxylic acids is 4. The number of amides is 4. The van der Waals surface area contributed by atoms with Crippen molar-refractivity contribution in [3.8, 4) is 0 Å². The lowest BCUT2D eigenvalue weighted by atomic mass is 10.0. The van der Waals surface area contributed by atoms with Crippen molar-refractivity contribution in [3.63, 3.8) is 0 Å². The summed E-state index contributed by atoms with van der Waals surface area (Å²) in [6.45, 7) is 1.01. The second kappa shape index (κ2) is 13.9. The Morgan fingerprint density at radius 2 is 1.78 bits per heavy atom. The fraction of sp³-hybridized carbons (Fsp3) is 0.281. The molecule has 0 radical (unpaired) electrons. The molecule has 6 rings (SSSR count). The number of nitrogens with one attached hydrogen (secondary N) is 5. The van der Waals surface area contributed by atoms with E-state index in [1.165, 1.54) is 15.6 Å². The predicted molar refractivity (Wildman–Crippen MR) is 170 cm³/mol. The monoisotopic (exact) mass is 622 g/mol. The van der Waals surface area contributed by atoms with Crippen LogP contribution >= 0.6 is 0 Å². The summed E-state index contributed by atoms with van der Waals surface area (Å²) in [7, 11) is 0. The van der Waals surface area contributed by atoms with Gasteiger partial charge in [0.2, 0.25) is 11.8 Å². The number of rotatable bonds is 3. The highest BCUT2D eigenvalue weighted by atomic mass is 16.2. The number of aromatic nitrogens is 5. The molecule has 4 amide bonds. The Balaban J connectivity index is 1.20. The molecular weight excluding hydrogens is 588 g/mol. The number of pyridine rings is 1. The van der Waals surface area contributed by atoms with Crippen molar-refractivity contribution in [1.29, 1.82) is 0 Å². The van der Waals surface area contributed by atoms with Crippen LogP contribution in [0.2, 0.25) is 0 Å². The number of aromatic amines is 1. The fourth-order valence-electron chi connectivity index (χ4n) is 5.40. The summed E-state index contributed by atoms with van der Waals surface area (Å²) in [5, 5.41) is 16.9. The molecule has 236 valence electrons. The summed E-state index contributed by atoms with van der Waals surface area (Å²) < 4.78 is 1.45. The SMILES string of the molecule is O=C1CN(C(=O)c2cnc3cccnn23)CCCCNC(=O)[C@H](Cc2c[nH]c3ccccc23)NC(=O)c2cccc(n2)NCCN1. The first-order valence-corrected chi connectivity index (χ1v) is 15.2. The van der Waals surface area contributed by atoms with Crippen LogP contribution < -0.4 is 21.3 Å². The first-order chi connectivity index (χ1) is 22.5. The first-order valence-electron chi connectivity index (χ1n) is 15.2. The van der Waals surface area contributed by atoms with Gasteiger partial charge in [-0.2, -0.15) is 5.10 Å². The summed E-state index contributed by atoms with van der Waals surface area (Å²) in [5.41, 5.74) is 2.75. The second-order valence-electron chi connectivity index (χ2n) is 10.9. The topological polar surface area (TPSA) is 179 Å². The van der Waals surface area contributed by atoms with E-state index in [0.717, 1.165) is 16.5 Å². The smallest absolute Gasteiger partial charge is 0.274 e. The molecule has 0 saturated heterocycles. The summed E-state index contributed by atoms with van der Waals surface area (Å²) in [5.74, 6) is -1.09. The van der Waals surface area contributed by atoms with Gasteiger partial charge in [-0.25, -0.2) is 14.5 Å². The molecule has 5 heterocycles. The lowest BCUT2D eigenvalue weighted by Crippen LogP contribution is -2.48. The molecule has 1 aromatic carbocycles. The molecule has 2 bridgehead atoms. The minimum absolute atomic E-state index is 0.153. The van der Waals surface area contributed by atoms with Crippen LogP contribution in [0.1, 0.15) is 39.4 Å². The van der Waals surface area contributed by atoms with Crippen LogP contribution in [0.25, 0.3) is 16.6 Å². The highest BCUT2D eigenvalue weighted by Gasteiger charge is 2.25. The molecule has 1 aliphatic heterocycles. The molecule has 0 saturated carbocycles. The minimum atomic E-state index is -0.866. The number of para-hydroxylation sites is 1. The van der Waals surface area contributed by atoms with Crippen LogP contribution in [-0.4, -0.2) is 91.9 Å². The van der Waals surface area contributed by atoms with Crippen LogP contribution in [0.5, 0.6) is 0 Å². The van der Waals surface area contributed by atoms with Crippen LogP contribution in [0.15, 0.2) is 73.2 Å². The van der Waals surface area contributed by atoms with Crippen molar-refractivity contribution in [2.24, 2.45) is 0 Å².